The van der Waals surface area contributed by atoms with E-state index in [1.54, 1.807) is 12.1 Å². The van der Waals surface area contributed by atoms with Crippen molar-refractivity contribution in [1.82, 2.24) is 14.8 Å². The highest BCUT2D eigenvalue weighted by Crippen LogP contribution is 2.28. The van der Waals surface area contributed by atoms with E-state index in [2.05, 4.69) is 36.6 Å². The molecular weight excluding hydrogens is 398 g/mol. The van der Waals surface area contributed by atoms with Crippen LogP contribution >= 0.6 is 15.9 Å². The summed E-state index contributed by atoms with van der Waals surface area (Å²) in [5, 5.41) is 9.86. The number of nitrogens with one attached hydrogen (secondary N) is 2. The molecule has 0 bridgehead atoms. The predicted octanol–water partition coefficient (Wildman–Crippen LogP) is 3.23. The molecule has 1 aliphatic heterocycles. The van der Waals surface area contributed by atoms with Crippen molar-refractivity contribution in [1.29, 1.82) is 0 Å². The Balaban J connectivity index is 1.51. The maximum absolute atomic E-state index is 12.3. The summed E-state index contributed by atoms with van der Waals surface area (Å²) in [5.41, 5.74) is 1.52. The minimum atomic E-state index is -0.717. The van der Waals surface area contributed by atoms with Gasteiger partial charge >= 0.3 is 0 Å². The van der Waals surface area contributed by atoms with Gasteiger partial charge in [-0.3, -0.25) is 14.9 Å². The molecule has 0 aliphatic carbocycles. The average molecular weight is 412 g/mol. The van der Waals surface area contributed by atoms with Crippen molar-refractivity contribution in [3.63, 3.8) is 0 Å². The molecule has 1 atom stereocenters. The summed E-state index contributed by atoms with van der Waals surface area (Å²) in [6.07, 6.45) is -0.0213. The third-order valence-corrected chi connectivity index (χ3v) is 4.53. The molecule has 1 aromatic heterocycles. The molecule has 2 N–H and O–H groups in total. The number of hydrogen-bond acceptors (Lipinski definition) is 4. The highest BCUT2D eigenvalue weighted by Gasteiger charge is 2.35. The molecule has 0 spiro atoms. The van der Waals surface area contributed by atoms with Gasteiger partial charge in [-0.2, -0.15) is 4.98 Å². The van der Waals surface area contributed by atoms with Crippen LogP contribution in [0.2, 0.25) is 0 Å². The lowest BCUT2D eigenvalue weighted by Gasteiger charge is -2.10. The summed E-state index contributed by atoms with van der Waals surface area (Å²) < 4.78 is 2.40. The van der Waals surface area contributed by atoms with Crippen LogP contribution in [0, 0.1) is 0 Å². The highest BCUT2D eigenvalue weighted by atomic mass is 79.9. The number of fused-ring (bicyclic) bond motifs is 1. The van der Waals surface area contributed by atoms with Crippen LogP contribution in [0.3, 0.4) is 0 Å². The van der Waals surface area contributed by atoms with E-state index < -0.39 is 6.04 Å². The van der Waals surface area contributed by atoms with Gasteiger partial charge in [0.2, 0.25) is 11.9 Å². The summed E-state index contributed by atoms with van der Waals surface area (Å²) in [6.45, 7) is 0. The van der Waals surface area contributed by atoms with Crippen LogP contribution in [-0.4, -0.2) is 26.6 Å². The third-order valence-electron chi connectivity index (χ3n) is 4.00. The molecule has 2 heterocycles. The van der Waals surface area contributed by atoms with Gasteiger partial charge < -0.3 is 5.32 Å². The fourth-order valence-electron chi connectivity index (χ4n) is 2.74. The number of rotatable bonds is 4. The molecule has 0 radical (unpaired) electrons. The van der Waals surface area contributed by atoms with Crippen molar-refractivity contribution >= 4 is 39.4 Å². The summed E-state index contributed by atoms with van der Waals surface area (Å²) in [6, 6.07) is 16.0. The zero-order chi connectivity index (χ0) is 18.1. The summed E-state index contributed by atoms with van der Waals surface area (Å²) in [4.78, 5) is 28.8. The van der Waals surface area contributed by atoms with Crippen LogP contribution in [0.4, 0.5) is 11.6 Å². The van der Waals surface area contributed by atoms with E-state index >= 15 is 0 Å². The first-order valence-electron chi connectivity index (χ1n) is 7.98. The maximum Gasteiger partial charge on any atom is 0.252 e. The first-order chi connectivity index (χ1) is 12.6. The van der Waals surface area contributed by atoms with Gasteiger partial charge in [-0.15, -0.1) is 5.10 Å². The van der Waals surface area contributed by atoms with Gasteiger partial charge in [-0.25, -0.2) is 4.68 Å². The fraction of sp³-hybridized carbons (Fsp3) is 0.111. The molecule has 26 heavy (non-hydrogen) atoms. The van der Waals surface area contributed by atoms with E-state index in [9.17, 15) is 9.59 Å². The molecule has 7 nitrogen and oxygen atoms in total. The van der Waals surface area contributed by atoms with E-state index in [1.807, 2.05) is 42.5 Å². The van der Waals surface area contributed by atoms with Gasteiger partial charge in [0.1, 0.15) is 6.04 Å². The Hall–Kier alpha value is -3.00. The monoisotopic (exact) mass is 411 g/mol. The van der Waals surface area contributed by atoms with E-state index in [4.69, 9.17) is 0 Å². The molecule has 2 amide bonds. The summed E-state index contributed by atoms with van der Waals surface area (Å²) in [7, 11) is 0. The van der Waals surface area contributed by atoms with E-state index in [-0.39, 0.29) is 18.2 Å². The molecule has 2 aromatic carbocycles. The van der Waals surface area contributed by atoms with Crippen molar-refractivity contribution < 1.29 is 9.59 Å². The van der Waals surface area contributed by atoms with E-state index in [0.29, 0.717) is 17.5 Å². The Morgan fingerprint density at radius 2 is 1.88 bits per heavy atom. The van der Waals surface area contributed by atoms with Crippen LogP contribution in [0.15, 0.2) is 59.1 Å². The molecule has 130 valence electrons. The number of carbonyl (C=O) groups excluding carboxylic acids is 2. The van der Waals surface area contributed by atoms with Crippen molar-refractivity contribution in [2.24, 2.45) is 0 Å². The first kappa shape index (κ1) is 16.5. The number of amides is 2. The molecule has 8 heteroatoms. The fourth-order valence-corrected chi connectivity index (χ4v) is 3.00. The zero-order valence-corrected chi connectivity index (χ0v) is 15.1. The molecule has 4 rings (SSSR count). The van der Waals surface area contributed by atoms with Crippen LogP contribution in [0.25, 0.3) is 11.4 Å². The normalized spacial score (nSPS) is 15.4. The number of halogens is 1. The lowest BCUT2D eigenvalue weighted by Crippen LogP contribution is -2.23. The average Bonchev–Trinajstić information content (AvgIpc) is 3.17. The Labute approximate surface area is 157 Å². The van der Waals surface area contributed by atoms with Gasteiger partial charge in [-0.05, 0) is 24.3 Å². The maximum atomic E-state index is 12.3. The van der Waals surface area contributed by atoms with Crippen molar-refractivity contribution in [2.75, 3.05) is 10.6 Å². The largest absolute Gasteiger partial charge is 0.326 e. The second-order valence-corrected chi connectivity index (χ2v) is 6.75. The van der Waals surface area contributed by atoms with Crippen molar-refractivity contribution in [3.8, 4) is 11.4 Å². The number of carbonyl (C=O) groups is 2. The van der Waals surface area contributed by atoms with Gasteiger partial charge in [-0.1, -0.05) is 46.3 Å². The van der Waals surface area contributed by atoms with Gasteiger partial charge in [0.25, 0.3) is 5.91 Å². The zero-order valence-electron chi connectivity index (χ0n) is 13.5. The third kappa shape index (κ3) is 3.23. The molecule has 1 aliphatic rings. The molecule has 0 fully saturated rings. The molecule has 0 saturated carbocycles. The van der Waals surface area contributed by atoms with Crippen LogP contribution in [-0.2, 0) is 9.59 Å². The highest BCUT2D eigenvalue weighted by molar-refractivity contribution is 9.10. The number of hydrogen-bond donors (Lipinski definition) is 2. The predicted molar refractivity (Wildman–Crippen MR) is 101 cm³/mol. The first-order valence-corrected chi connectivity index (χ1v) is 8.78. The Morgan fingerprint density at radius 3 is 2.62 bits per heavy atom. The minimum absolute atomic E-state index is 0.0213. The second-order valence-electron chi connectivity index (χ2n) is 5.83. The Kier molecular flexibility index (Phi) is 4.26. The van der Waals surface area contributed by atoms with Crippen LogP contribution in [0.5, 0.6) is 0 Å². The van der Waals surface area contributed by atoms with Crippen LogP contribution < -0.4 is 10.6 Å². The SMILES string of the molecule is O=C(C[C@H]1C(=O)Nc2nc(-c3ccccc3)nn21)Nc1ccc(Br)cc1. The van der Waals surface area contributed by atoms with Gasteiger partial charge in [0, 0.05) is 15.7 Å². The summed E-state index contributed by atoms with van der Waals surface area (Å²) in [5.74, 6) is 0.317. The minimum Gasteiger partial charge on any atom is -0.326 e. The molecule has 3 aromatic rings. The van der Waals surface area contributed by atoms with Gasteiger partial charge in [0.05, 0.1) is 6.42 Å². The van der Waals surface area contributed by atoms with Crippen LogP contribution in [0.1, 0.15) is 12.5 Å². The molecule has 0 unspecified atom stereocenters. The summed E-state index contributed by atoms with van der Waals surface area (Å²) >= 11 is 3.35. The smallest absolute Gasteiger partial charge is 0.252 e. The number of benzene rings is 2. The lowest BCUT2D eigenvalue weighted by molar-refractivity contribution is -0.123. The Morgan fingerprint density at radius 1 is 1.15 bits per heavy atom. The number of anilines is 2. The molecule has 0 saturated heterocycles. The molecular formula is C18H14BrN5O2. The lowest BCUT2D eigenvalue weighted by atomic mass is 10.2. The van der Waals surface area contributed by atoms with E-state index in [1.165, 1.54) is 4.68 Å². The standard InChI is InChI=1S/C18H14BrN5O2/c19-12-6-8-13(9-7-12)20-15(25)10-14-17(26)22-18-21-16(23-24(14)18)11-4-2-1-3-5-11/h1-9,14H,10H2,(H,20,25)(H,21,22,23,26)/t14-/m0/s1. The van der Waals surface area contributed by atoms with Crippen molar-refractivity contribution in [3.05, 3.63) is 59.1 Å². The number of aromatic nitrogens is 3. The van der Waals surface area contributed by atoms with E-state index in [0.717, 1.165) is 10.0 Å². The van der Waals surface area contributed by atoms with Gasteiger partial charge in [0.15, 0.2) is 5.82 Å². The Bertz CT molecular complexity index is 969. The van der Waals surface area contributed by atoms with Crippen molar-refractivity contribution in [2.45, 2.75) is 12.5 Å². The topological polar surface area (TPSA) is 88.9 Å². The quantitative estimate of drug-likeness (QED) is 0.689. The number of nitrogens with zero attached hydrogens (tertiary/aromatic N) is 3. The second kappa shape index (κ2) is 6.72.